The summed E-state index contributed by atoms with van der Waals surface area (Å²) in [7, 11) is 0. The largest absolute Gasteiger partial charge is 0.490 e. The van der Waals surface area contributed by atoms with Gasteiger partial charge in [-0.1, -0.05) is 19.7 Å². The molecule has 0 aliphatic heterocycles. The highest BCUT2D eigenvalue weighted by Gasteiger charge is 2.29. The monoisotopic (exact) mass is 291 g/mol. The van der Waals surface area contributed by atoms with Crippen LogP contribution in [0.3, 0.4) is 0 Å². The minimum absolute atomic E-state index is 0.0188. The van der Waals surface area contributed by atoms with Crippen molar-refractivity contribution in [3.63, 3.8) is 0 Å². The second kappa shape index (κ2) is 5.50. The third kappa shape index (κ3) is 2.55. The zero-order valence-corrected chi connectivity index (χ0v) is 12.2. The van der Waals surface area contributed by atoms with Crippen molar-refractivity contribution in [3.05, 3.63) is 30.0 Å². The maximum absolute atomic E-state index is 11.6. The molecule has 1 aromatic heterocycles. The third-order valence-corrected chi connectivity index (χ3v) is 4.03. The Morgan fingerprint density at radius 1 is 1.45 bits per heavy atom. The van der Waals surface area contributed by atoms with Crippen LogP contribution < -0.4 is 9.46 Å². The normalized spacial score (nSPS) is 21.7. The molecule has 20 heavy (non-hydrogen) atoms. The Kier molecular flexibility index (Phi) is 3.72. The van der Waals surface area contributed by atoms with E-state index >= 15 is 0 Å². The zero-order valence-electron chi connectivity index (χ0n) is 11.3. The van der Waals surface area contributed by atoms with Gasteiger partial charge in [0.2, 0.25) is 0 Å². The predicted octanol–water partition coefficient (Wildman–Crippen LogP) is 3.37. The van der Waals surface area contributed by atoms with E-state index in [4.69, 9.17) is 9.15 Å². The minimum Gasteiger partial charge on any atom is -0.490 e. The number of nitrogens with one attached hydrogen (secondary N) is 1. The van der Waals surface area contributed by atoms with E-state index in [0.29, 0.717) is 23.8 Å². The van der Waals surface area contributed by atoms with Crippen molar-refractivity contribution in [2.75, 3.05) is 0 Å². The summed E-state index contributed by atoms with van der Waals surface area (Å²) in [6.45, 7) is 1.83. The number of thiol groups is 1. The molecule has 1 saturated carbocycles. The Labute approximate surface area is 123 Å². The first-order valence-electron chi connectivity index (χ1n) is 6.82. The molecule has 0 bridgehead atoms. The second-order valence-electron chi connectivity index (χ2n) is 5.12. The topological polar surface area (TPSA) is 51.5 Å². The van der Waals surface area contributed by atoms with Gasteiger partial charge in [-0.2, -0.15) is 0 Å². The van der Waals surface area contributed by atoms with Crippen LogP contribution in [-0.2, 0) is 0 Å². The van der Waals surface area contributed by atoms with Crippen molar-refractivity contribution in [2.45, 2.75) is 38.3 Å². The van der Waals surface area contributed by atoms with Gasteiger partial charge in [0.05, 0.1) is 0 Å². The molecule has 1 N–H and O–H groups in total. The van der Waals surface area contributed by atoms with E-state index in [0.717, 1.165) is 24.0 Å². The van der Waals surface area contributed by atoms with Crippen molar-refractivity contribution >= 4 is 29.6 Å². The SMILES string of the molecule is CCC(=O)c1cc2ccc(OC3CC(NS)C3)cc2o1. The van der Waals surface area contributed by atoms with E-state index in [9.17, 15) is 4.79 Å². The van der Waals surface area contributed by atoms with Crippen LogP contribution in [-0.4, -0.2) is 17.9 Å². The van der Waals surface area contributed by atoms with Crippen LogP contribution in [0, 0.1) is 0 Å². The van der Waals surface area contributed by atoms with Crippen LogP contribution in [0.15, 0.2) is 28.7 Å². The van der Waals surface area contributed by atoms with Crippen LogP contribution in [0.5, 0.6) is 5.75 Å². The summed E-state index contributed by atoms with van der Waals surface area (Å²) < 4.78 is 14.4. The molecule has 0 atom stereocenters. The van der Waals surface area contributed by atoms with Crippen LogP contribution >= 0.6 is 12.8 Å². The molecule has 1 fully saturated rings. The van der Waals surface area contributed by atoms with Crippen molar-refractivity contribution in [2.24, 2.45) is 0 Å². The summed E-state index contributed by atoms with van der Waals surface area (Å²) in [6, 6.07) is 7.91. The van der Waals surface area contributed by atoms with Gasteiger partial charge in [-0.15, -0.1) is 0 Å². The molecule has 3 rings (SSSR count). The number of carbonyl (C=O) groups is 1. The summed E-state index contributed by atoms with van der Waals surface area (Å²) in [4.78, 5) is 11.6. The van der Waals surface area contributed by atoms with Gasteiger partial charge in [0.15, 0.2) is 11.5 Å². The summed E-state index contributed by atoms with van der Waals surface area (Å²) >= 11 is 4.04. The van der Waals surface area contributed by atoms with Gasteiger partial charge in [0, 0.05) is 36.8 Å². The number of rotatable bonds is 5. The highest BCUT2D eigenvalue weighted by molar-refractivity contribution is 7.78. The van der Waals surface area contributed by atoms with Gasteiger partial charge in [-0.25, -0.2) is 0 Å². The van der Waals surface area contributed by atoms with Gasteiger partial charge in [0.1, 0.15) is 17.4 Å². The molecule has 4 nitrogen and oxygen atoms in total. The molecule has 106 valence electrons. The van der Waals surface area contributed by atoms with Crippen LogP contribution in [0.1, 0.15) is 36.7 Å². The molecule has 1 aliphatic carbocycles. The van der Waals surface area contributed by atoms with Gasteiger partial charge in [-0.05, 0) is 18.2 Å². The maximum atomic E-state index is 11.6. The van der Waals surface area contributed by atoms with Crippen molar-refractivity contribution in [1.82, 2.24) is 4.72 Å². The number of furan rings is 1. The molecule has 0 unspecified atom stereocenters. The lowest BCUT2D eigenvalue weighted by molar-refractivity contribution is 0.0951. The number of hydrogen-bond acceptors (Lipinski definition) is 5. The molecule has 1 heterocycles. The van der Waals surface area contributed by atoms with Crippen LogP contribution in [0.25, 0.3) is 11.0 Å². The molecule has 0 radical (unpaired) electrons. The number of hydrogen-bond donors (Lipinski definition) is 2. The molecule has 0 spiro atoms. The second-order valence-corrected chi connectivity index (χ2v) is 5.38. The summed E-state index contributed by atoms with van der Waals surface area (Å²) in [5.74, 6) is 1.22. The van der Waals surface area contributed by atoms with E-state index < -0.39 is 0 Å². The number of Topliss-reactive ketones (excluding diaryl/α,β-unsaturated/α-hetero) is 1. The fraction of sp³-hybridized carbons (Fsp3) is 0.400. The van der Waals surface area contributed by atoms with Crippen molar-refractivity contribution < 1.29 is 13.9 Å². The predicted molar refractivity (Wildman–Crippen MR) is 80.4 cm³/mol. The highest BCUT2D eigenvalue weighted by Crippen LogP contribution is 2.29. The standard InChI is InChI=1S/C15H17NO3S/c1-2-13(17)15-5-9-3-4-11(8-14(9)19-15)18-12-6-10(7-12)16-20/h3-5,8,10,12,16,20H,2,6-7H2,1H3. The summed E-state index contributed by atoms with van der Waals surface area (Å²) in [5, 5.41) is 0.928. The molecule has 5 heteroatoms. The molecule has 2 aromatic rings. The number of ether oxygens (including phenoxy) is 1. The molecule has 1 aliphatic rings. The Morgan fingerprint density at radius 2 is 2.25 bits per heavy atom. The quantitative estimate of drug-likeness (QED) is 0.655. The van der Waals surface area contributed by atoms with Crippen molar-refractivity contribution in [3.8, 4) is 5.75 Å². The molecule has 1 aromatic carbocycles. The fourth-order valence-corrected chi connectivity index (χ4v) is 2.57. The fourth-order valence-electron chi connectivity index (χ4n) is 2.36. The number of carbonyl (C=O) groups excluding carboxylic acids is 1. The van der Waals surface area contributed by atoms with E-state index in [2.05, 4.69) is 17.5 Å². The van der Waals surface area contributed by atoms with Gasteiger partial charge >= 0.3 is 0 Å². The Balaban J connectivity index is 1.75. The van der Waals surface area contributed by atoms with E-state index in [1.54, 1.807) is 6.07 Å². The third-order valence-electron chi connectivity index (χ3n) is 3.67. The van der Waals surface area contributed by atoms with Crippen LogP contribution in [0.4, 0.5) is 0 Å². The average Bonchev–Trinajstić information content (AvgIpc) is 2.84. The first-order valence-corrected chi connectivity index (χ1v) is 7.27. The molecule has 0 saturated heterocycles. The maximum Gasteiger partial charge on any atom is 0.197 e. The minimum atomic E-state index is 0.0188. The Bertz CT molecular complexity index is 631. The number of fused-ring (bicyclic) bond motifs is 1. The van der Waals surface area contributed by atoms with Gasteiger partial charge < -0.3 is 9.15 Å². The van der Waals surface area contributed by atoms with E-state index in [1.165, 1.54) is 0 Å². The van der Waals surface area contributed by atoms with Gasteiger partial charge in [0.25, 0.3) is 0 Å². The Morgan fingerprint density at radius 3 is 2.95 bits per heavy atom. The average molecular weight is 291 g/mol. The summed E-state index contributed by atoms with van der Waals surface area (Å²) in [6.07, 6.45) is 2.59. The lowest BCUT2D eigenvalue weighted by atomic mass is 9.90. The Hall–Kier alpha value is -1.46. The molecular formula is C15H17NO3S. The number of benzene rings is 1. The summed E-state index contributed by atoms with van der Waals surface area (Å²) in [5.41, 5.74) is 0.697. The lowest BCUT2D eigenvalue weighted by Gasteiger charge is -2.34. The van der Waals surface area contributed by atoms with Gasteiger partial charge in [-0.3, -0.25) is 9.52 Å². The molecule has 0 amide bonds. The van der Waals surface area contributed by atoms with E-state index in [-0.39, 0.29) is 11.9 Å². The first kappa shape index (κ1) is 13.5. The van der Waals surface area contributed by atoms with Crippen molar-refractivity contribution in [1.29, 1.82) is 0 Å². The first-order chi connectivity index (χ1) is 9.69. The number of ketones is 1. The van der Waals surface area contributed by atoms with E-state index in [1.807, 2.05) is 25.1 Å². The smallest absolute Gasteiger partial charge is 0.197 e. The highest BCUT2D eigenvalue weighted by atomic mass is 32.1. The zero-order chi connectivity index (χ0) is 14.1. The lowest BCUT2D eigenvalue weighted by Crippen LogP contribution is -2.43. The molecular weight excluding hydrogens is 274 g/mol. The van der Waals surface area contributed by atoms with Crippen LogP contribution in [0.2, 0.25) is 0 Å².